The van der Waals surface area contributed by atoms with Gasteiger partial charge < -0.3 is 10.3 Å². The number of carbonyl (C=O) groups is 1. The first-order valence-corrected chi connectivity index (χ1v) is 7.62. The molecule has 2 N–H and O–H groups in total. The van der Waals surface area contributed by atoms with Crippen LogP contribution >= 0.6 is 11.6 Å². The van der Waals surface area contributed by atoms with Gasteiger partial charge in [-0.2, -0.15) is 0 Å². The maximum Gasteiger partial charge on any atom is 0.272 e. The number of anilines is 1. The predicted molar refractivity (Wildman–Crippen MR) is 93.0 cm³/mol. The Kier molecular flexibility index (Phi) is 3.43. The van der Waals surface area contributed by atoms with Crippen LogP contribution in [0, 0.1) is 5.82 Å². The Balaban J connectivity index is 1.73. The van der Waals surface area contributed by atoms with E-state index in [-0.39, 0.29) is 10.9 Å². The summed E-state index contributed by atoms with van der Waals surface area (Å²) in [5.41, 5.74) is 2.32. The van der Waals surface area contributed by atoms with Crippen LogP contribution in [-0.2, 0) is 0 Å². The molecule has 0 aliphatic rings. The fourth-order valence-electron chi connectivity index (χ4n) is 2.64. The first-order valence-electron chi connectivity index (χ1n) is 7.25. The number of nitrogens with zero attached hydrogens (tertiary/aromatic N) is 1. The third kappa shape index (κ3) is 2.49. The number of H-pyrrole nitrogens is 1. The van der Waals surface area contributed by atoms with E-state index >= 15 is 0 Å². The highest BCUT2D eigenvalue weighted by molar-refractivity contribution is 6.34. The zero-order valence-electron chi connectivity index (χ0n) is 12.3. The van der Waals surface area contributed by atoms with Gasteiger partial charge in [0.05, 0.1) is 21.7 Å². The van der Waals surface area contributed by atoms with Gasteiger partial charge in [-0.15, -0.1) is 0 Å². The molecular formula is C18H11ClFN3O. The SMILES string of the molecule is O=C(Nc1ccc(F)cc1Cl)c1cc2ccc3cccnc3c2[nH]1. The van der Waals surface area contributed by atoms with Crippen LogP contribution in [0.15, 0.2) is 54.7 Å². The first kappa shape index (κ1) is 14.7. The summed E-state index contributed by atoms with van der Waals surface area (Å²) >= 11 is 5.94. The number of amides is 1. The summed E-state index contributed by atoms with van der Waals surface area (Å²) in [7, 11) is 0. The summed E-state index contributed by atoms with van der Waals surface area (Å²) in [4.78, 5) is 19.9. The van der Waals surface area contributed by atoms with Crippen molar-refractivity contribution >= 4 is 45.0 Å². The molecule has 0 bridgehead atoms. The van der Waals surface area contributed by atoms with E-state index in [9.17, 15) is 9.18 Å². The molecule has 4 rings (SSSR count). The van der Waals surface area contributed by atoms with Gasteiger partial charge in [0.25, 0.3) is 5.91 Å². The van der Waals surface area contributed by atoms with Crippen LogP contribution in [0.5, 0.6) is 0 Å². The molecule has 2 heterocycles. The number of pyridine rings is 1. The van der Waals surface area contributed by atoms with E-state index in [1.165, 1.54) is 12.1 Å². The van der Waals surface area contributed by atoms with Crippen molar-refractivity contribution in [1.29, 1.82) is 0 Å². The third-order valence-electron chi connectivity index (χ3n) is 3.79. The van der Waals surface area contributed by atoms with Crippen molar-refractivity contribution in [3.8, 4) is 0 Å². The fraction of sp³-hybridized carbons (Fsp3) is 0. The van der Waals surface area contributed by atoms with E-state index < -0.39 is 5.82 Å². The molecular weight excluding hydrogens is 329 g/mol. The molecule has 0 aliphatic carbocycles. The smallest absolute Gasteiger partial charge is 0.272 e. The molecule has 0 spiro atoms. The molecule has 2 aromatic heterocycles. The maximum absolute atomic E-state index is 13.1. The van der Waals surface area contributed by atoms with Gasteiger partial charge >= 0.3 is 0 Å². The third-order valence-corrected chi connectivity index (χ3v) is 4.10. The van der Waals surface area contributed by atoms with Gasteiger partial charge in [-0.25, -0.2) is 4.39 Å². The van der Waals surface area contributed by atoms with Crippen molar-refractivity contribution in [3.05, 3.63) is 71.3 Å². The summed E-state index contributed by atoms with van der Waals surface area (Å²) < 4.78 is 13.1. The number of hydrogen-bond acceptors (Lipinski definition) is 2. The van der Waals surface area contributed by atoms with Crippen LogP contribution in [0.25, 0.3) is 21.8 Å². The van der Waals surface area contributed by atoms with E-state index in [1.54, 1.807) is 12.3 Å². The molecule has 118 valence electrons. The Bertz CT molecular complexity index is 1090. The van der Waals surface area contributed by atoms with Crippen molar-refractivity contribution in [2.75, 3.05) is 5.32 Å². The number of rotatable bonds is 2. The molecule has 0 atom stereocenters. The molecule has 24 heavy (non-hydrogen) atoms. The lowest BCUT2D eigenvalue weighted by atomic mass is 10.1. The van der Waals surface area contributed by atoms with Gasteiger partial charge in [0.2, 0.25) is 0 Å². The van der Waals surface area contributed by atoms with Gasteiger partial charge in [-0.3, -0.25) is 9.78 Å². The lowest BCUT2D eigenvalue weighted by Crippen LogP contribution is -2.12. The van der Waals surface area contributed by atoms with Crippen molar-refractivity contribution in [2.45, 2.75) is 0 Å². The normalized spacial score (nSPS) is 11.1. The standard InChI is InChI=1S/C18H11ClFN3O/c19-13-9-12(20)5-6-14(13)23-18(24)15-8-11-4-3-10-2-1-7-21-16(10)17(11)22-15/h1-9,22H,(H,23,24). The van der Waals surface area contributed by atoms with Crippen molar-refractivity contribution in [3.63, 3.8) is 0 Å². The van der Waals surface area contributed by atoms with Crippen molar-refractivity contribution in [2.24, 2.45) is 0 Å². The number of aromatic amines is 1. The molecule has 6 heteroatoms. The van der Waals surface area contributed by atoms with E-state index in [2.05, 4.69) is 15.3 Å². The van der Waals surface area contributed by atoms with E-state index in [1.807, 2.05) is 24.3 Å². The minimum Gasteiger partial charge on any atom is -0.349 e. The molecule has 2 aromatic carbocycles. The number of nitrogens with one attached hydrogen (secondary N) is 2. The lowest BCUT2D eigenvalue weighted by Gasteiger charge is -2.05. The lowest BCUT2D eigenvalue weighted by molar-refractivity contribution is 0.102. The Hall–Kier alpha value is -2.92. The van der Waals surface area contributed by atoms with Crippen molar-refractivity contribution < 1.29 is 9.18 Å². The highest BCUT2D eigenvalue weighted by Crippen LogP contribution is 2.26. The average Bonchev–Trinajstić information content (AvgIpc) is 3.02. The van der Waals surface area contributed by atoms with Crippen LogP contribution in [0.2, 0.25) is 5.02 Å². The molecule has 0 saturated carbocycles. The zero-order chi connectivity index (χ0) is 16.7. The second-order valence-corrected chi connectivity index (χ2v) is 5.77. The number of halogens is 2. The Morgan fingerprint density at radius 1 is 1.12 bits per heavy atom. The molecule has 0 radical (unpaired) electrons. The predicted octanol–water partition coefficient (Wildman–Crippen LogP) is 4.76. The molecule has 0 saturated heterocycles. The van der Waals surface area contributed by atoms with Crippen molar-refractivity contribution in [1.82, 2.24) is 9.97 Å². The number of fused-ring (bicyclic) bond motifs is 3. The first-order chi connectivity index (χ1) is 11.6. The highest BCUT2D eigenvalue weighted by Gasteiger charge is 2.13. The van der Waals surface area contributed by atoms with E-state index in [4.69, 9.17) is 11.6 Å². The minimum absolute atomic E-state index is 0.145. The zero-order valence-corrected chi connectivity index (χ0v) is 13.1. The Morgan fingerprint density at radius 3 is 2.79 bits per heavy atom. The second-order valence-electron chi connectivity index (χ2n) is 5.37. The minimum atomic E-state index is -0.457. The van der Waals surface area contributed by atoms with Crippen LogP contribution in [0.1, 0.15) is 10.5 Å². The number of carbonyl (C=O) groups excluding carboxylic acids is 1. The van der Waals surface area contributed by atoms with Crippen LogP contribution in [-0.4, -0.2) is 15.9 Å². The van der Waals surface area contributed by atoms with Gasteiger partial charge in [0.1, 0.15) is 11.5 Å². The molecule has 0 unspecified atom stereocenters. The number of hydrogen-bond donors (Lipinski definition) is 2. The largest absolute Gasteiger partial charge is 0.349 e. The number of aromatic nitrogens is 2. The topological polar surface area (TPSA) is 57.8 Å². The Morgan fingerprint density at radius 2 is 1.96 bits per heavy atom. The van der Waals surface area contributed by atoms with Gasteiger partial charge in [0.15, 0.2) is 0 Å². The van der Waals surface area contributed by atoms with Crippen LogP contribution in [0.3, 0.4) is 0 Å². The summed E-state index contributed by atoms with van der Waals surface area (Å²) in [5.74, 6) is -0.815. The molecule has 4 aromatic rings. The van der Waals surface area contributed by atoms with E-state index in [0.29, 0.717) is 11.4 Å². The monoisotopic (exact) mass is 339 g/mol. The average molecular weight is 340 g/mol. The summed E-state index contributed by atoms with van der Waals surface area (Å²) in [6, 6.07) is 13.3. The maximum atomic E-state index is 13.1. The van der Waals surface area contributed by atoms with Crippen LogP contribution < -0.4 is 5.32 Å². The van der Waals surface area contributed by atoms with E-state index in [0.717, 1.165) is 27.9 Å². The highest BCUT2D eigenvalue weighted by atomic mass is 35.5. The van der Waals surface area contributed by atoms with Gasteiger partial charge in [-0.05, 0) is 30.3 Å². The van der Waals surface area contributed by atoms with Gasteiger partial charge in [-0.1, -0.05) is 29.8 Å². The van der Waals surface area contributed by atoms with Crippen LogP contribution in [0.4, 0.5) is 10.1 Å². The quantitative estimate of drug-likeness (QED) is 0.553. The molecule has 4 nitrogen and oxygen atoms in total. The molecule has 1 amide bonds. The fourth-order valence-corrected chi connectivity index (χ4v) is 2.86. The number of benzene rings is 2. The summed E-state index contributed by atoms with van der Waals surface area (Å²) in [6.07, 6.45) is 1.71. The molecule has 0 fully saturated rings. The Labute approximate surface area is 141 Å². The summed E-state index contributed by atoms with van der Waals surface area (Å²) in [5, 5.41) is 4.69. The van der Waals surface area contributed by atoms with Gasteiger partial charge in [0, 0.05) is 17.0 Å². The second kappa shape index (κ2) is 5.62. The molecule has 0 aliphatic heterocycles. The summed E-state index contributed by atoms with van der Waals surface area (Å²) in [6.45, 7) is 0.